The Morgan fingerprint density at radius 1 is 1.33 bits per heavy atom. The van der Waals surface area contributed by atoms with Gasteiger partial charge in [-0.1, -0.05) is 6.07 Å². The van der Waals surface area contributed by atoms with Crippen LogP contribution in [-0.4, -0.2) is 55.7 Å². The molecule has 1 unspecified atom stereocenters. The lowest BCUT2D eigenvalue weighted by Gasteiger charge is -2.35. The number of piperazine rings is 1. The molecule has 1 aromatic rings. The molecule has 1 atom stereocenters. The van der Waals surface area contributed by atoms with E-state index in [0.29, 0.717) is 18.7 Å². The van der Waals surface area contributed by atoms with Crippen LogP contribution in [0.15, 0.2) is 18.2 Å². The molecule has 2 N–H and O–H groups in total. The molecule has 0 bridgehead atoms. The summed E-state index contributed by atoms with van der Waals surface area (Å²) in [6, 6.07) is 2.21. The second-order valence-electron chi connectivity index (χ2n) is 5.54. The zero-order valence-corrected chi connectivity index (χ0v) is 13.9. The van der Waals surface area contributed by atoms with Gasteiger partial charge in [-0.15, -0.1) is 12.4 Å². The fourth-order valence-corrected chi connectivity index (χ4v) is 2.53. The van der Waals surface area contributed by atoms with Crippen LogP contribution in [0.25, 0.3) is 0 Å². The standard InChI is InChI=1S/C15H19F4N3O.ClH/c1-10-2-3-11(12(16)8-10)14(23)21-9-13(15(17,18)19)22-6-4-20-5-7-22;/h2-3,8,13,20H,4-7,9H2,1H3,(H,21,23);1H. The van der Waals surface area contributed by atoms with Crippen molar-refractivity contribution in [2.24, 2.45) is 0 Å². The average Bonchev–Trinajstić information content (AvgIpc) is 2.47. The summed E-state index contributed by atoms with van der Waals surface area (Å²) in [6.45, 7) is 2.49. The Bertz CT molecular complexity index is 562. The third kappa shape index (κ3) is 5.32. The first-order chi connectivity index (χ1) is 10.8. The van der Waals surface area contributed by atoms with Crippen molar-refractivity contribution in [3.05, 3.63) is 35.1 Å². The summed E-state index contributed by atoms with van der Waals surface area (Å²) >= 11 is 0. The first-order valence-electron chi connectivity index (χ1n) is 7.35. The van der Waals surface area contributed by atoms with Gasteiger partial charge in [0.1, 0.15) is 11.9 Å². The van der Waals surface area contributed by atoms with E-state index in [-0.39, 0.29) is 31.1 Å². The second-order valence-corrected chi connectivity index (χ2v) is 5.54. The Morgan fingerprint density at radius 2 is 1.96 bits per heavy atom. The van der Waals surface area contributed by atoms with Gasteiger partial charge in [0.2, 0.25) is 0 Å². The molecule has 136 valence electrons. The monoisotopic (exact) mass is 369 g/mol. The van der Waals surface area contributed by atoms with Crippen LogP contribution in [-0.2, 0) is 0 Å². The maximum atomic E-state index is 13.7. The number of aryl methyl sites for hydroxylation is 1. The number of halogens is 5. The van der Waals surface area contributed by atoms with Gasteiger partial charge in [-0.2, -0.15) is 13.2 Å². The fraction of sp³-hybridized carbons (Fsp3) is 0.533. The van der Waals surface area contributed by atoms with E-state index >= 15 is 0 Å². The zero-order chi connectivity index (χ0) is 17.0. The van der Waals surface area contributed by atoms with E-state index in [4.69, 9.17) is 0 Å². The molecule has 1 heterocycles. The predicted octanol–water partition coefficient (Wildman–Crippen LogP) is 2.12. The maximum Gasteiger partial charge on any atom is 0.405 e. The summed E-state index contributed by atoms with van der Waals surface area (Å²) in [5, 5.41) is 5.18. The topological polar surface area (TPSA) is 44.4 Å². The molecular formula is C15H20ClF4N3O. The first kappa shape index (κ1) is 20.7. The number of amides is 1. The quantitative estimate of drug-likeness (QED) is 0.799. The van der Waals surface area contributed by atoms with Gasteiger partial charge < -0.3 is 10.6 Å². The highest BCUT2D eigenvalue weighted by Crippen LogP contribution is 2.25. The molecule has 1 aliphatic heterocycles. The van der Waals surface area contributed by atoms with Crippen molar-refractivity contribution in [2.45, 2.75) is 19.1 Å². The average molecular weight is 370 g/mol. The third-order valence-corrected chi connectivity index (χ3v) is 3.80. The number of rotatable bonds is 4. The summed E-state index contributed by atoms with van der Waals surface area (Å²) in [7, 11) is 0. The van der Waals surface area contributed by atoms with Crippen LogP contribution in [0.3, 0.4) is 0 Å². The lowest BCUT2D eigenvalue weighted by Crippen LogP contribution is -2.57. The number of benzene rings is 1. The summed E-state index contributed by atoms with van der Waals surface area (Å²) in [4.78, 5) is 13.2. The van der Waals surface area contributed by atoms with E-state index < -0.39 is 30.5 Å². The minimum absolute atomic E-state index is 0. The van der Waals surface area contributed by atoms with Crippen molar-refractivity contribution >= 4 is 18.3 Å². The predicted molar refractivity (Wildman–Crippen MR) is 85.0 cm³/mol. The first-order valence-corrected chi connectivity index (χ1v) is 7.35. The van der Waals surface area contributed by atoms with E-state index in [1.807, 2.05) is 0 Å². The van der Waals surface area contributed by atoms with Crippen molar-refractivity contribution < 1.29 is 22.4 Å². The molecule has 9 heteroatoms. The van der Waals surface area contributed by atoms with Crippen molar-refractivity contribution in [1.82, 2.24) is 15.5 Å². The SMILES string of the molecule is Cc1ccc(C(=O)NCC(N2CCNCC2)C(F)(F)F)c(F)c1.Cl. The van der Waals surface area contributed by atoms with Gasteiger partial charge >= 0.3 is 6.18 Å². The molecule has 2 rings (SSSR count). The Hall–Kier alpha value is -1.38. The molecule has 24 heavy (non-hydrogen) atoms. The Balaban J connectivity index is 0.00000288. The van der Waals surface area contributed by atoms with Gasteiger partial charge in [0, 0.05) is 32.7 Å². The number of hydrogen-bond donors (Lipinski definition) is 2. The molecule has 1 aromatic carbocycles. The smallest absolute Gasteiger partial charge is 0.350 e. The largest absolute Gasteiger partial charge is 0.405 e. The summed E-state index contributed by atoms with van der Waals surface area (Å²) in [6.07, 6.45) is -4.46. The van der Waals surface area contributed by atoms with Crippen LogP contribution in [0.1, 0.15) is 15.9 Å². The van der Waals surface area contributed by atoms with Gasteiger partial charge in [-0.05, 0) is 24.6 Å². The van der Waals surface area contributed by atoms with Gasteiger partial charge in [-0.25, -0.2) is 4.39 Å². The second kappa shape index (κ2) is 8.64. The molecule has 1 aliphatic rings. The molecule has 0 spiro atoms. The molecule has 0 aliphatic carbocycles. The molecule has 0 radical (unpaired) electrons. The minimum Gasteiger partial charge on any atom is -0.350 e. The molecule has 4 nitrogen and oxygen atoms in total. The number of carbonyl (C=O) groups is 1. The van der Waals surface area contributed by atoms with Crippen LogP contribution in [0.4, 0.5) is 17.6 Å². The maximum absolute atomic E-state index is 13.7. The highest BCUT2D eigenvalue weighted by atomic mass is 35.5. The van der Waals surface area contributed by atoms with Gasteiger partial charge in [0.05, 0.1) is 5.56 Å². The van der Waals surface area contributed by atoms with Crippen LogP contribution in [0.2, 0.25) is 0 Å². The molecular weight excluding hydrogens is 350 g/mol. The molecule has 1 fully saturated rings. The zero-order valence-electron chi connectivity index (χ0n) is 13.1. The van der Waals surface area contributed by atoms with E-state index in [1.165, 1.54) is 23.1 Å². The Morgan fingerprint density at radius 3 is 2.50 bits per heavy atom. The highest BCUT2D eigenvalue weighted by molar-refractivity contribution is 5.94. The van der Waals surface area contributed by atoms with E-state index in [1.54, 1.807) is 6.92 Å². The van der Waals surface area contributed by atoms with Crippen molar-refractivity contribution in [3.63, 3.8) is 0 Å². The van der Waals surface area contributed by atoms with Crippen molar-refractivity contribution in [1.29, 1.82) is 0 Å². The number of alkyl halides is 3. The van der Waals surface area contributed by atoms with Crippen LogP contribution in [0, 0.1) is 12.7 Å². The minimum atomic E-state index is -4.46. The van der Waals surface area contributed by atoms with Crippen LogP contribution >= 0.6 is 12.4 Å². The number of hydrogen-bond acceptors (Lipinski definition) is 3. The lowest BCUT2D eigenvalue weighted by atomic mass is 10.1. The van der Waals surface area contributed by atoms with E-state index in [9.17, 15) is 22.4 Å². The highest BCUT2D eigenvalue weighted by Gasteiger charge is 2.43. The van der Waals surface area contributed by atoms with Gasteiger partial charge in [0.15, 0.2) is 0 Å². The third-order valence-electron chi connectivity index (χ3n) is 3.80. The van der Waals surface area contributed by atoms with E-state index in [2.05, 4.69) is 10.6 Å². The molecule has 0 saturated carbocycles. The Kier molecular flexibility index (Phi) is 7.44. The molecule has 0 aromatic heterocycles. The van der Waals surface area contributed by atoms with Crippen molar-refractivity contribution in [3.8, 4) is 0 Å². The lowest BCUT2D eigenvalue weighted by molar-refractivity contribution is -0.183. The molecule has 1 amide bonds. The normalized spacial score (nSPS) is 17.0. The van der Waals surface area contributed by atoms with Gasteiger partial charge in [-0.3, -0.25) is 9.69 Å². The van der Waals surface area contributed by atoms with E-state index in [0.717, 1.165) is 0 Å². The van der Waals surface area contributed by atoms with Crippen LogP contribution in [0.5, 0.6) is 0 Å². The number of nitrogens with zero attached hydrogens (tertiary/aromatic N) is 1. The van der Waals surface area contributed by atoms with Crippen LogP contribution < -0.4 is 10.6 Å². The summed E-state index contributed by atoms with van der Waals surface area (Å²) in [5.41, 5.74) is 0.380. The summed E-state index contributed by atoms with van der Waals surface area (Å²) in [5.74, 6) is -1.58. The number of carbonyl (C=O) groups excluding carboxylic acids is 1. The Labute approximate surface area is 144 Å². The fourth-order valence-electron chi connectivity index (χ4n) is 2.53. The molecule has 1 saturated heterocycles. The van der Waals surface area contributed by atoms with Crippen molar-refractivity contribution in [2.75, 3.05) is 32.7 Å². The summed E-state index contributed by atoms with van der Waals surface area (Å²) < 4.78 is 53.3. The number of nitrogens with one attached hydrogen (secondary N) is 2. The van der Waals surface area contributed by atoms with Gasteiger partial charge in [0.25, 0.3) is 5.91 Å².